The second-order valence-electron chi connectivity index (χ2n) is 5.67. The van der Waals surface area contributed by atoms with Crippen LogP contribution in [0.2, 0.25) is 0 Å². The standard InChI is InChI=1S/C16H22O3/c1-11(2)12-5-3-7-14(9-12)19-15-8-4-6-13(15)10-16(17)18/h3,5,7,9,11,13,15H,4,6,8,10H2,1-2H3,(H,17,18). The zero-order valence-electron chi connectivity index (χ0n) is 11.6. The molecule has 104 valence electrons. The summed E-state index contributed by atoms with van der Waals surface area (Å²) >= 11 is 0. The molecule has 2 unspecified atom stereocenters. The molecule has 3 nitrogen and oxygen atoms in total. The Morgan fingerprint density at radius 1 is 1.42 bits per heavy atom. The Hall–Kier alpha value is -1.51. The van der Waals surface area contributed by atoms with Gasteiger partial charge in [0.2, 0.25) is 0 Å². The van der Waals surface area contributed by atoms with Gasteiger partial charge in [0.05, 0.1) is 6.42 Å². The van der Waals surface area contributed by atoms with Crippen LogP contribution in [0.4, 0.5) is 0 Å². The van der Waals surface area contributed by atoms with Gasteiger partial charge >= 0.3 is 5.97 Å². The Labute approximate surface area is 114 Å². The van der Waals surface area contributed by atoms with Crippen molar-refractivity contribution in [2.24, 2.45) is 5.92 Å². The fourth-order valence-electron chi connectivity index (χ4n) is 2.74. The maximum Gasteiger partial charge on any atom is 0.303 e. The highest BCUT2D eigenvalue weighted by atomic mass is 16.5. The molecule has 19 heavy (non-hydrogen) atoms. The van der Waals surface area contributed by atoms with Crippen LogP contribution >= 0.6 is 0 Å². The maximum atomic E-state index is 10.8. The highest BCUT2D eigenvalue weighted by molar-refractivity contribution is 5.67. The van der Waals surface area contributed by atoms with Gasteiger partial charge in [0, 0.05) is 5.92 Å². The van der Waals surface area contributed by atoms with Gasteiger partial charge in [-0.1, -0.05) is 26.0 Å². The van der Waals surface area contributed by atoms with Crippen LogP contribution in [0, 0.1) is 5.92 Å². The minimum atomic E-state index is -0.726. The van der Waals surface area contributed by atoms with Gasteiger partial charge in [0.15, 0.2) is 0 Å². The third-order valence-electron chi connectivity index (χ3n) is 3.84. The van der Waals surface area contributed by atoms with Crippen molar-refractivity contribution in [1.82, 2.24) is 0 Å². The summed E-state index contributed by atoms with van der Waals surface area (Å²) in [5.74, 6) is 0.770. The minimum Gasteiger partial charge on any atom is -0.490 e. The van der Waals surface area contributed by atoms with Crippen molar-refractivity contribution >= 4 is 5.97 Å². The highest BCUT2D eigenvalue weighted by Gasteiger charge is 2.30. The van der Waals surface area contributed by atoms with E-state index in [-0.39, 0.29) is 18.4 Å². The number of carboxylic acids is 1. The molecular formula is C16H22O3. The van der Waals surface area contributed by atoms with Gasteiger partial charge in [-0.25, -0.2) is 0 Å². The first-order valence-electron chi connectivity index (χ1n) is 7.04. The molecule has 0 amide bonds. The molecule has 1 N–H and O–H groups in total. The molecule has 2 rings (SSSR count). The molecule has 0 radical (unpaired) electrons. The van der Waals surface area contributed by atoms with Crippen molar-refractivity contribution < 1.29 is 14.6 Å². The number of carbonyl (C=O) groups is 1. The largest absolute Gasteiger partial charge is 0.490 e. The molecule has 1 aromatic carbocycles. The van der Waals surface area contributed by atoms with E-state index in [0.717, 1.165) is 25.0 Å². The summed E-state index contributed by atoms with van der Waals surface area (Å²) in [4.78, 5) is 10.8. The van der Waals surface area contributed by atoms with Crippen LogP contribution in [-0.4, -0.2) is 17.2 Å². The van der Waals surface area contributed by atoms with Crippen LogP contribution in [0.1, 0.15) is 51.0 Å². The molecule has 0 saturated heterocycles. The van der Waals surface area contributed by atoms with Crippen molar-refractivity contribution in [2.75, 3.05) is 0 Å². The number of carboxylic acid groups (broad SMARTS) is 1. The van der Waals surface area contributed by atoms with Crippen molar-refractivity contribution in [3.05, 3.63) is 29.8 Å². The van der Waals surface area contributed by atoms with Crippen LogP contribution in [0.15, 0.2) is 24.3 Å². The van der Waals surface area contributed by atoms with Gasteiger partial charge in [-0.05, 0) is 42.9 Å². The van der Waals surface area contributed by atoms with E-state index in [4.69, 9.17) is 9.84 Å². The number of benzene rings is 1. The first kappa shape index (κ1) is 13.9. The van der Waals surface area contributed by atoms with Crippen LogP contribution in [-0.2, 0) is 4.79 Å². The third-order valence-corrected chi connectivity index (χ3v) is 3.84. The van der Waals surface area contributed by atoms with Crippen LogP contribution in [0.3, 0.4) is 0 Å². The Morgan fingerprint density at radius 2 is 2.21 bits per heavy atom. The van der Waals surface area contributed by atoms with Crippen molar-refractivity contribution in [1.29, 1.82) is 0 Å². The predicted octanol–water partition coefficient (Wildman–Crippen LogP) is 3.83. The molecule has 1 saturated carbocycles. The molecule has 2 atom stereocenters. The summed E-state index contributed by atoms with van der Waals surface area (Å²) in [7, 11) is 0. The van der Waals surface area contributed by atoms with Gasteiger partial charge < -0.3 is 9.84 Å². The second kappa shape index (κ2) is 6.09. The lowest BCUT2D eigenvalue weighted by molar-refractivity contribution is -0.138. The van der Waals surface area contributed by atoms with Crippen LogP contribution in [0.5, 0.6) is 5.75 Å². The van der Waals surface area contributed by atoms with Gasteiger partial charge in [-0.3, -0.25) is 4.79 Å². The van der Waals surface area contributed by atoms with Gasteiger partial charge in [0.25, 0.3) is 0 Å². The van der Waals surface area contributed by atoms with Gasteiger partial charge in [-0.15, -0.1) is 0 Å². The number of rotatable bonds is 5. The van der Waals surface area contributed by atoms with E-state index in [9.17, 15) is 4.79 Å². The van der Waals surface area contributed by atoms with E-state index in [0.29, 0.717) is 5.92 Å². The molecule has 0 aliphatic heterocycles. The van der Waals surface area contributed by atoms with Gasteiger partial charge in [-0.2, -0.15) is 0 Å². The maximum absolute atomic E-state index is 10.8. The lowest BCUT2D eigenvalue weighted by atomic mass is 10.0. The molecule has 0 spiro atoms. The number of hydrogen-bond donors (Lipinski definition) is 1. The van der Waals surface area contributed by atoms with Crippen LogP contribution < -0.4 is 4.74 Å². The zero-order valence-corrected chi connectivity index (χ0v) is 11.6. The predicted molar refractivity (Wildman–Crippen MR) is 74.5 cm³/mol. The summed E-state index contributed by atoms with van der Waals surface area (Å²) in [6.07, 6.45) is 3.25. The Kier molecular flexibility index (Phi) is 4.46. The zero-order chi connectivity index (χ0) is 13.8. The first-order valence-corrected chi connectivity index (χ1v) is 7.04. The van der Waals surface area contributed by atoms with E-state index in [2.05, 4.69) is 26.0 Å². The van der Waals surface area contributed by atoms with Crippen molar-refractivity contribution in [3.63, 3.8) is 0 Å². The molecule has 1 aliphatic carbocycles. The van der Waals surface area contributed by atoms with E-state index >= 15 is 0 Å². The van der Waals surface area contributed by atoms with E-state index < -0.39 is 5.97 Å². The third kappa shape index (κ3) is 3.72. The Morgan fingerprint density at radius 3 is 2.89 bits per heavy atom. The smallest absolute Gasteiger partial charge is 0.303 e. The minimum absolute atomic E-state index is 0.0542. The fraction of sp³-hybridized carbons (Fsp3) is 0.562. The normalized spacial score (nSPS) is 22.7. The Bertz CT molecular complexity index is 439. The number of hydrogen-bond acceptors (Lipinski definition) is 2. The summed E-state index contributed by atoms with van der Waals surface area (Å²) in [6.45, 7) is 4.31. The number of ether oxygens (including phenoxy) is 1. The molecule has 0 heterocycles. The molecule has 1 aliphatic rings. The average molecular weight is 262 g/mol. The molecule has 0 aromatic heterocycles. The SMILES string of the molecule is CC(C)c1cccc(OC2CCCC2CC(=O)O)c1. The second-order valence-corrected chi connectivity index (χ2v) is 5.67. The summed E-state index contributed by atoms with van der Waals surface area (Å²) in [5.41, 5.74) is 1.25. The van der Waals surface area contributed by atoms with Crippen molar-refractivity contribution in [2.45, 2.75) is 51.6 Å². The lowest BCUT2D eigenvalue weighted by Gasteiger charge is -2.20. The fourth-order valence-corrected chi connectivity index (χ4v) is 2.74. The van der Waals surface area contributed by atoms with Crippen LogP contribution in [0.25, 0.3) is 0 Å². The summed E-state index contributed by atoms with van der Waals surface area (Å²) < 4.78 is 6.02. The quantitative estimate of drug-likeness (QED) is 0.877. The molecule has 1 aromatic rings. The summed E-state index contributed by atoms with van der Waals surface area (Å²) in [5, 5.41) is 8.92. The Balaban J connectivity index is 2.03. The van der Waals surface area contributed by atoms with E-state index in [1.165, 1.54) is 5.56 Å². The molecular weight excluding hydrogens is 240 g/mol. The lowest BCUT2D eigenvalue weighted by Crippen LogP contribution is -2.23. The topological polar surface area (TPSA) is 46.5 Å². The van der Waals surface area contributed by atoms with Crippen molar-refractivity contribution in [3.8, 4) is 5.75 Å². The summed E-state index contributed by atoms with van der Waals surface area (Å²) in [6, 6.07) is 8.13. The van der Waals surface area contributed by atoms with E-state index in [1.54, 1.807) is 0 Å². The average Bonchev–Trinajstić information content (AvgIpc) is 2.76. The first-order chi connectivity index (χ1) is 9.06. The number of aliphatic carboxylic acids is 1. The molecule has 0 bridgehead atoms. The van der Waals surface area contributed by atoms with Gasteiger partial charge in [0.1, 0.15) is 11.9 Å². The molecule has 3 heteroatoms. The highest BCUT2D eigenvalue weighted by Crippen LogP contribution is 2.32. The van der Waals surface area contributed by atoms with E-state index in [1.807, 2.05) is 12.1 Å². The monoisotopic (exact) mass is 262 g/mol. The molecule has 1 fully saturated rings.